The number of H-pyrrole nitrogens is 1. The molecule has 0 saturated heterocycles. The van der Waals surface area contributed by atoms with Crippen LogP contribution < -0.4 is 0 Å². The molecule has 3 aromatic rings. The van der Waals surface area contributed by atoms with Crippen molar-refractivity contribution in [3.8, 4) is 0 Å². The monoisotopic (exact) mass is 391 g/mol. The molecule has 0 bridgehead atoms. The van der Waals surface area contributed by atoms with Gasteiger partial charge in [0.15, 0.2) is 0 Å². The van der Waals surface area contributed by atoms with Crippen LogP contribution in [0.5, 0.6) is 0 Å². The SMILES string of the molecule is C/C=C\C(=C/c1c[nH]cc1/C=C1\C(=C/C)C(C)(C)c2ccccc21)c1ccccc1. The van der Waals surface area contributed by atoms with Crippen LogP contribution >= 0.6 is 0 Å². The molecule has 0 spiro atoms. The highest BCUT2D eigenvalue weighted by molar-refractivity contribution is 5.99. The number of rotatable bonds is 4. The molecule has 1 N–H and O–H groups in total. The summed E-state index contributed by atoms with van der Waals surface area (Å²) in [5, 5.41) is 0. The Morgan fingerprint density at radius 3 is 2.30 bits per heavy atom. The first kappa shape index (κ1) is 20.0. The van der Waals surface area contributed by atoms with Crippen molar-refractivity contribution in [2.45, 2.75) is 33.1 Å². The van der Waals surface area contributed by atoms with Crippen molar-refractivity contribution in [3.05, 3.63) is 119 Å². The van der Waals surface area contributed by atoms with Gasteiger partial charge in [0.05, 0.1) is 0 Å². The van der Waals surface area contributed by atoms with Crippen molar-refractivity contribution in [2.24, 2.45) is 0 Å². The van der Waals surface area contributed by atoms with E-state index in [1.54, 1.807) is 0 Å². The summed E-state index contributed by atoms with van der Waals surface area (Å²) < 4.78 is 0. The molecular weight excluding hydrogens is 362 g/mol. The molecule has 0 aliphatic heterocycles. The lowest BCUT2D eigenvalue weighted by Crippen LogP contribution is -2.14. The number of benzene rings is 2. The molecule has 1 nitrogen and oxygen atoms in total. The third kappa shape index (κ3) is 3.52. The molecule has 0 amide bonds. The lowest BCUT2D eigenvalue weighted by atomic mass is 9.82. The van der Waals surface area contributed by atoms with Crippen LogP contribution in [0.15, 0.2) is 90.8 Å². The minimum absolute atomic E-state index is 0.0175. The first-order valence-electron chi connectivity index (χ1n) is 10.6. The predicted octanol–water partition coefficient (Wildman–Crippen LogP) is 7.91. The Kier molecular flexibility index (Phi) is 5.46. The summed E-state index contributed by atoms with van der Waals surface area (Å²) in [6.07, 6.45) is 15.3. The van der Waals surface area contributed by atoms with Crippen molar-refractivity contribution in [3.63, 3.8) is 0 Å². The van der Waals surface area contributed by atoms with E-state index in [1.165, 1.54) is 44.5 Å². The quantitative estimate of drug-likeness (QED) is 0.435. The summed E-state index contributed by atoms with van der Waals surface area (Å²) in [6, 6.07) is 19.3. The fourth-order valence-corrected chi connectivity index (χ4v) is 4.56. The van der Waals surface area contributed by atoms with Crippen molar-refractivity contribution in [1.29, 1.82) is 0 Å². The average Bonchev–Trinajstić information content (AvgIpc) is 3.28. The van der Waals surface area contributed by atoms with Crippen LogP contribution in [0.1, 0.15) is 55.5 Å². The molecule has 150 valence electrons. The van der Waals surface area contributed by atoms with E-state index in [2.05, 4.69) is 130 Å². The lowest BCUT2D eigenvalue weighted by molar-refractivity contribution is 0.660. The van der Waals surface area contributed by atoms with E-state index >= 15 is 0 Å². The standard InChI is InChI=1S/C29H29N/c1-5-12-22(21-13-8-7-9-14-21)17-23-19-30-20-24(23)18-26-25-15-10-11-16-28(25)29(3,4)27(26)6-2/h5-20,30H,1-4H3/b12-5-,22-17+,26-18-,27-6+. The van der Waals surface area contributed by atoms with Crippen LogP contribution in [-0.4, -0.2) is 4.98 Å². The molecule has 0 fully saturated rings. The highest BCUT2D eigenvalue weighted by Crippen LogP contribution is 2.50. The molecule has 0 saturated carbocycles. The smallest absolute Gasteiger partial charge is 0.0155 e. The predicted molar refractivity (Wildman–Crippen MR) is 131 cm³/mol. The van der Waals surface area contributed by atoms with E-state index < -0.39 is 0 Å². The van der Waals surface area contributed by atoms with Crippen molar-refractivity contribution in [1.82, 2.24) is 4.98 Å². The molecule has 1 heterocycles. The highest BCUT2D eigenvalue weighted by Gasteiger charge is 2.37. The van der Waals surface area contributed by atoms with Gasteiger partial charge in [-0.15, -0.1) is 0 Å². The second-order valence-electron chi connectivity index (χ2n) is 8.26. The van der Waals surface area contributed by atoms with Gasteiger partial charge in [-0.05, 0) is 70.5 Å². The third-order valence-electron chi connectivity index (χ3n) is 6.02. The van der Waals surface area contributed by atoms with E-state index in [0.717, 1.165) is 0 Å². The van der Waals surface area contributed by atoms with Gasteiger partial charge in [0, 0.05) is 17.8 Å². The zero-order valence-corrected chi connectivity index (χ0v) is 18.2. The van der Waals surface area contributed by atoms with Gasteiger partial charge >= 0.3 is 0 Å². The first-order chi connectivity index (χ1) is 14.6. The Hall–Kier alpha value is -3.32. The minimum atomic E-state index is 0.0175. The normalized spacial score (nSPS) is 18.5. The van der Waals surface area contributed by atoms with Crippen LogP contribution in [-0.2, 0) is 5.41 Å². The Labute approximate surface area is 180 Å². The number of aromatic nitrogens is 1. The number of hydrogen-bond donors (Lipinski definition) is 1. The number of aromatic amines is 1. The Morgan fingerprint density at radius 2 is 1.57 bits per heavy atom. The van der Waals surface area contributed by atoms with Crippen LogP contribution in [0.4, 0.5) is 0 Å². The summed E-state index contributed by atoms with van der Waals surface area (Å²) in [4.78, 5) is 3.32. The summed E-state index contributed by atoms with van der Waals surface area (Å²) in [5.74, 6) is 0. The molecule has 1 aliphatic carbocycles. The molecule has 2 aromatic carbocycles. The van der Waals surface area contributed by atoms with Gasteiger partial charge in [0.25, 0.3) is 0 Å². The van der Waals surface area contributed by atoms with E-state index in [-0.39, 0.29) is 5.41 Å². The molecule has 4 rings (SSSR count). The molecule has 0 unspecified atom stereocenters. The summed E-state index contributed by atoms with van der Waals surface area (Å²) in [6.45, 7) is 8.85. The Balaban J connectivity index is 1.83. The fourth-order valence-electron chi connectivity index (χ4n) is 4.56. The largest absolute Gasteiger partial charge is 0.366 e. The number of hydrogen-bond acceptors (Lipinski definition) is 0. The average molecular weight is 392 g/mol. The molecule has 1 aliphatic rings. The molecule has 30 heavy (non-hydrogen) atoms. The van der Waals surface area contributed by atoms with E-state index in [1.807, 2.05) is 0 Å². The van der Waals surface area contributed by atoms with Crippen LogP contribution in [0.3, 0.4) is 0 Å². The number of allylic oxidation sites excluding steroid dienone is 6. The van der Waals surface area contributed by atoms with Crippen LogP contribution in [0.2, 0.25) is 0 Å². The van der Waals surface area contributed by atoms with Gasteiger partial charge in [-0.3, -0.25) is 0 Å². The Bertz CT molecular complexity index is 1160. The van der Waals surface area contributed by atoms with Gasteiger partial charge in [-0.1, -0.05) is 86.7 Å². The van der Waals surface area contributed by atoms with Gasteiger partial charge in [0.2, 0.25) is 0 Å². The van der Waals surface area contributed by atoms with Gasteiger partial charge in [0.1, 0.15) is 0 Å². The van der Waals surface area contributed by atoms with Crippen LogP contribution in [0.25, 0.3) is 23.3 Å². The van der Waals surface area contributed by atoms with Crippen molar-refractivity contribution < 1.29 is 0 Å². The number of nitrogens with one attached hydrogen (secondary N) is 1. The third-order valence-corrected chi connectivity index (χ3v) is 6.02. The van der Waals surface area contributed by atoms with E-state index in [0.29, 0.717) is 0 Å². The maximum atomic E-state index is 3.32. The van der Waals surface area contributed by atoms with Crippen molar-refractivity contribution in [2.75, 3.05) is 0 Å². The first-order valence-corrected chi connectivity index (χ1v) is 10.6. The second kappa shape index (κ2) is 8.20. The molecule has 1 aromatic heterocycles. The zero-order chi connectivity index (χ0) is 21.1. The molecule has 1 heteroatoms. The maximum absolute atomic E-state index is 3.32. The molecular formula is C29H29N. The van der Waals surface area contributed by atoms with Gasteiger partial charge in [-0.2, -0.15) is 0 Å². The topological polar surface area (TPSA) is 15.8 Å². The zero-order valence-electron chi connectivity index (χ0n) is 18.2. The fraction of sp³-hybridized carbons (Fsp3) is 0.172. The minimum Gasteiger partial charge on any atom is -0.366 e. The van der Waals surface area contributed by atoms with E-state index in [9.17, 15) is 0 Å². The van der Waals surface area contributed by atoms with Gasteiger partial charge < -0.3 is 4.98 Å². The molecule has 0 radical (unpaired) electrons. The lowest BCUT2D eigenvalue weighted by Gasteiger charge is -2.21. The molecule has 0 atom stereocenters. The highest BCUT2D eigenvalue weighted by atomic mass is 14.6. The number of fused-ring (bicyclic) bond motifs is 1. The van der Waals surface area contributed by atoms with Gasteiger partial charge in [-0.25, -0.2) is 0 Å². The summed E-state index contributed by atoms with van der Waals surface area (Å²) >= 11 is 0. The van der Waals surface area contributed by atoms with E-state index in [4.69, 9.17) is 0 Å². The van der Waals surface area contributed by atoms with Crippen LogP contribution in [0, 0.1) is 0 Å². The summed E-state index contributed by atoms with van der Waals surface area (Å²) in [7, 11) is 0. The second-order valence-corrected chi connectivity index (χ2v) is 8.26. The van der Waals surface area contributed by atoms with Crippen molar-refractivity contribution >= 4 is 23.3 Å². The maximum Gasteiger partial charge on any atom is 0.0155 e. The Morgan fingerprint density at radius 1 is 0.867 bits per heavy atom. The summed E-state index contributed by atoms with van der Waals surface area (Å²) in [5.41, 5.74) is 10.3.